The maximum Gasteiger partial charge on any atom is 0.260 e. The van der Waals surface area contributed by atoms with Gasteiger partial charge in [0.25, 0.3) is 11.8 Å². The Morgan fingerprint density at radius 3 is 2.46 bits per heavy atom. The van der Waals surface area contributed by atoms with E-state index in [1.807, 2.05) is 24.3 Å². The molecule has 1 aliphatic heterocycles. The van der Waals surface area contributed by atoms with Crippen molar-refractivity contribution in [2.45, 2.75) is 0 Å². The number of carbonyl (C=O) groups is 2. The molecule has 0 atom stereocenters. The van der Waals surface area contributed by atoms with Crippen LogP contribution in [0, 0.1) is 0 Å². The summed E-state index contributed by atoms with van der Waals surface area (Å²) in [6.07, 6.45) is 0. The van der Waals surface area contributed by atoms with E-state index in [4.69, 9.17) is 22.1 Å². The zero-order valence-electron chi connectivity index (χ0n) is 14.2. The number of nitrogens with zero attached hydrogens (tertiary/aromatic N) is 2. The van der Waals surface area contributed by atoms with E-state index in [1.54, 1.807) is 29.2 Å². The summed E-state index contributed by atoms with van der Waals surface area (Å²) in [5.74, 6) is -0.371. The molecule has 2 N–H and O–H groups in total. The summed E-state index contributed by atoms with van der Waals surface area (Å²) in [6.45, 7) is 2.54. The molecule has 26 heavy (non-hydrogen) atoms. The molecule has 2 aromatic carbocycles. The van der Waals surface area contributed by atoms with E-state index < -0.39 is 5.91 Å². The molecule has 2 amide bonds. The SMILES string of the molecule is NC(=O)c1ccccc1OCC(=O)N1CCN(c2cccc(Cl)c2)CC1. The number of hydrogen-bond acceptors (Lipinski definition) is 4. The van der Waals surface area contributed by atoms with Crippen molar-refractivity contribution >= 4 is 29.1 Å². The number of halogens is 1. The van der Waals surface area contributed by atoms with Crippen LogP contribution in [-0.4, -0.2) is 49.5 Å². The van der Waals surface area contributed by atoms with Crippen LogP contribution in [0.15, 0.2) is 48.5 Å². The van der Waals surface area contributed by atoms with Crippen LogP contribution in [0.3, 0.4) is 0 Å². The Morgan fingerprint density at radius 2 is 1.77 bits per heavy atom. The van der Waals surface area contributed by atoms with Gasteiger partial charge < -0.3 is 20.3 Å². The minimum Gasteiger partial charge on any atom is -0.483 e. The summed E-state index contributed by atoms with van der Waals surface area (Å²) >= 11 is 6.04. The topological polar surface area (TPSA) is 75.9 Å². The predicted molar refractivity (Wildman–Crippen MR) is 101 cm³/mol. The van der Waals surface area contributed by atoms with E-state index in [0.29, 0.717) is 23.9 Å². The maximum absolute atomic E-state index is 12.4. The highest BCUT2D eigenvalue weighted by Crippen LogP contribution is 2.21. The fourth-order valence-corrected chi connectivity index (χ4v) is 3.10. The molecular formula is C19H20ClN3O3. The second kappa shape index (κ2) is 8.10. The number of ether oxygens (including phenoxy) is 1. The number of para-hydroxylation sites is 1. The number of hydrogen-bond donors (Lipinski definition) is 1. The summed E-state index contributed by atoms with van der Waals surface area (Å²) in [5.41, 5.74) is 6.64. The van der Waals surface area contributed by atoms with Gasteiger partial charge in [0.1, 0.15) is 5.75 Å². The van der Waals surface area contributed by atoms with Crippen molar-refractivity contribution < 1.29 is 14.3 Å². The monoisotopic (exact) mass is 373 g/mol. The van der Waals surface area contributed by atoms with Gasteiger partial charge in [0, 0.05) is 36.9 Å². The third-order valence-corrected chi connectivity index (χ3v) is 4.54. The van der Waals surface area contributed by atoms with Gasteiger partial charge in [0.15, 0.2) is 6.61 Å². The van der Waals surface area contributed by atoms with E-state index in [2.05, 4.69) is 4.90 Å². The molecule has 0 aliphatic carbocycles. The Morgan fingerprint density at radius 1 is 1.04 bits per heavy atom. The van der Waals surface area contributed by atoms with E-state index in [0.717, 1.165) is 18.8 Å². The van der Waals surface area contributed by atoms with Crippen LogP contribution in [0.25, 0.3) is 0 Å². The molecule has 3 rings (SSSR count). The normalized spacial score (nSPS) is 14.2. The molecule has 1 saturated heterocycles. The van der Waals surface area contributed by atoms with E-state index in [1.165, 1.54) is 0 Å². The minimum atomic E-state index is -0.580. The standard InChI is InChI=1S/C19H20ClN3O3/c20-14-4-3-5-15(12-14)22-8-10-23(11-9-22)18(24)13-26-17-7-2-1-6-16(17)19(21)25/h1-7,12H,8-11,13H2,(H2,21,25). The Labute approximate surface area is 157 Å². The molecule has 0 saturated carbocycles. The molecule has 0 aromatic heterocycles. The number of piperazine rings is 1. The first-order chi connectivity index (χ1) is 12.5. The largest absolute Gasteiger partial charge is 0.483 e. The van der Waals surface area contributed by atoms with Crippen molar-refractivity contribution in [3.05, 3.63) is 59.1 Å². The Hall–Kier alpha value is -2.73. The predicted octanol–water partition coefficient (Wildman–Crippen LogP) is 2.17. The van der Waals surface area contributed by atoms with Crippen LogP contribution in [0.4, 0.5) is 5.69 Å². The van der Waals surface area contributed by atoms with Crippen molar-refractivity contribution in [2.75, 3.05) is 37.7 Å². The second-order valence-corrected chi connectivity index (χ2v) is 6.43. The molecule has 2 aromatic rings. The number of primary amides is 1. The first kappa shape index (κ1) is 18.1. The minimum absolute atomic E-state index is 0.116. The van der Waals surface area contributed by atoms with Gasteiger partial charge in [-0.05, 0) is 30.3 Å². The fourth-order valence-electron chi connectivity index (χ4n) is 2.91. The molecule has 6 nitrogen and oxygen atoms in total. The third-order valence-electron chi connectivity index (χ3n) is 4.31. The van der Waals surface area contributed by atoms with Crippen LogP contribution in [0.2, 0.25) is 5.02 Å². The zero-order valence-corrected chi connectivity index (χ0v) is 15.0. The molecule has 0 bridgehead atoms. The lowest BCUT2D eigenvalue weighted by Crippen LogP contribution is -2.50. The lowest BCUT2D eigenvalue weighted by molar-refractivity contribution is -0.133. The van der Waals surface area contributed by atoms with E-state index in [9.17, 15) is 9.59 Å². The Balaban J connectivity index is 1.54. The van der Waals surface area contributed by atoms with Crippen molar-refractivity contribution in [1.29, 1.82) is 0 Å². The van der Waals surface area contributed by atoms with Crippen LogP contribution >= 0.6 is 11.6 Å². The van der Waals surface area contributed by atoms with Crippen LogP contribution < -0.4 is 15.4 Å². The fraction of sp³-hybridized carbons (Fsp3) is 0.263. The number of nitrogens with two attached hydrogens (primary N) is 1. The summed E-state index contributed by atoms with van der Waals surface area (Å²) in [7, 11) is 0. The number of carbonyl (C=O) groups excluding carboxylic acids is 2. The van der Waals surface area contributed by atoms with Gasteiger partial charge in [0.2, 0.25) is 0 Å². The molecular weight excluding hydrogens is 354 g/mol. The van der Waals surface area contributed by atoms with Crippen molar-refractivity contribution in [3.63, 3.8) is 0 Å². The van der Waals surface area contributed by atoms with Gasteiger partial charge >= 0.3 is 0 Å². The number of benzene rings is 2. The second-order valence-electron chi connectivity index (χ2n) is 6.00. The van der Waals surface area contributed by atoms with Gasteiger partial charge in [-0.15, -0.1) is 0 Å². The highest BCUT2D eigenvalue weighted by atomic mass is 35.5. The Kier molecular flexibility index (Phi) is 5.63. The van der Waals surface area contributed by atoms with Gasteiger partial charge in [-0.3, -0.25) is 9.59 Å². The number of amides is 2. The van der Waals surface area contributed by atoms with Gasteiger partial charge in [0.05, 0.1) is 5.56 Å². The average molecular weight is 374 g/mol. The zero-order chi connectivity index (χ0) is 18.5. The van der Waals surface area contributed by atoms with Crippen molar-refractivity contribution in [3.8, 4) is 5.75 Å². The lowest BCUT2D eigenvalue weighted by Gasteiger charge is -2.36. The summed E-state index contributed by atoms with van der Waals surface area (Å²) < 4.78 is 5.52. The molecule has 0 spiro atoms. The molecule has 1 fully saturated rings. The lowest BCUT2D eigenvalue weighted by atomic mass is 10.2. The highest BCUT2D eigenvalue weighted by molar-refractivity contribution is 6.30. The maximum atomic E-state index is 12.4. The average Bonchev–Trinajstić information content (AvgIpc) is 2.66. The van der Waals surface area contributed by atoms with Gasteiger partial charge in [-0.2, -0.15) is 0 Å². The summed E-state index contributed by atoms with van der Waals surface area (Å²) in [6, 6.07) is 14.3. The smallest absolute Gasteiger partial charge is 0.260 e. The number of rotatable bonds is 5. The van der Waals surface area contributed by atoms with Crippen LogP contribution in [-0.2, 0) is 4.79 Å². The highest BCUT2D eigenvalue weighted by Gasteiger charge is 2.22. The van der Waals surface area contributed by atoms with E-state index >= 15 is 0 Å². The van der Waals surface area contributed by atoms with E-state index in [-0.39, 0.29) is 18.1 Å². The van der Waals surface area contributed by atoms with Crippen molar-refractivity contribution in [2.24, 2.45) is 5.73 Å². The molecule has 0 unspecified atom stereocenters. The molecule has 1 aliphatic rings. The molecule has 136 valence electrons. The Bertz CT molecular complexity index is 804. The van der Waals surface area contributed by atoms with Crippen LogP contribution in [0.5, 0.6) is 5.75 Å². The first-order valence-electron chi connectivity index (χ1n) is 8.34. The van der Waals surface area contributed by atoms with Crippen molar-refractivity contribution in [1.82, 2.24) is 4.90 Å². The van der Waals surface area contributed by atoms with Crippen LogP contribution in [0.1, 0.15) is 10.4 Å². The quantitative estimate of drug-likeness (QED) is 0.871. The molecule has 1 heterocycles. The van der Waals surface area contributed by atoms with Gasteiger partial charge in [-0.1, -0.05) is 29.8 Å². The number of anilines is 1. The molecule has 7 heteroatoms. The summed E-state index contributed by atoms with van der Waals surface area (Å²) in [4.78, 5) is 27.7. The summed E-state index contributed by atoms with van der Waals surface area (Å²) in [5, 5.41) is 0.697. The first-order valence-corrected chi connectivity index (χ1v) is 8.72. The third kappa shape index (κ3) is 4.26. The van der Waals surface area contributed by atoms with Gasteiger partial charge in [-0.25, -0.2) is 0 Å². The molecule has 0 radical (unpaired) electrons.